The molecule has 2 N–H and O–H groups in total. The third-order valence-electron chi connectivity index (χ3n) is 3.97. The van der Waals surface area contributed by atoms with Gasteiger partial charge in [-0.25, -0.2) is 4.79 Å². The third kappa shape index (κ3) is 5.43. The number of halogens is 3. The second-order valence-electron chi connectivity index (χ2n) is 5.51. The number of urea groups is 1. The first-order valence-electron chi connectivity index (χ1n) is 6.96. The van der Waals surface area contributed by atoms with Crippen LogP contribution in [0.25, 0.3) is 0 Å². The van der Waals surface area contributed by atoms with Crippen molar-refractivity contribution < 1.29 is 27.9 Å². The third-order valence-corrected chi connectivity index (χ3v) is 3.97. The first kappa shape index (κ1) is 17.6. The Labute approximate surface area is 121 Å². The monoisotopic (exact) mass is 310 g/mol. The van der Waals surface area contributed by atoms with Crippen LogP contribution in [0.3, 0.4) is 0 Å². The van der Waals surface area contributed by atoms with Crippen molar-refractivity contribution in [3.05, 3.63) is 0 Å². The number of nitrogens with zero attached hydrogens (tertiary/aromatic N) is 1. The molecule has 0 spiro atoms. The van der Waals surface area contributed by atoms with Crippen LogP contribution in [-0.4, -0.2) is 47.3 Å². The number of alkyl halides is 3. The number of carboxylic acids is 1. The summed E-state index contributed by atoms with van der Waals surface area (Å²) in [7, 11) is 1.46. The molecule has 8 heteroatoms. The maximum atomic E-state index is 12.1. The Bertz CT molecular complexity index is 379. The molecule has 122 valence electrons. The predicted octanol–water partition coefficient (Wildman–Crippen LogP) is 2.76. The van der Waals surface area contributed by atoms with E-state index in [1.54, 1.807) is 0 Å². The quantitative estimate of drug-likeness (QED) is 0.820. The number of carbonyl (C=O) groups excluding carboxylic acids is 1. The first-order chi connectivity index (χ1) is 9.66. The minimum absolute atomic E-state index is 0.184. The van der Waals surface area contributed by atoms with Gasteiger partial charge in [-0.3, -0.25) is 4.79 Å². The van der Waals surface area contributed by atoms with Gasteiger partial charge in [-0.1, -0.05) is 19.3 Å². The highest BCUT2D eigenvalue weighted by atomic mass is 19.4. The van der Waals surface area contributed by atoms with E-state index in [0.29, 0.717) is 12.8 Å². The number of rotatable bonds is 5. The highest BCUT2D eigenvalue weighted by molar-refractivity contribution is 5.76. The van der Waals surface area contributed by atoms with Crippen molar-refractivity contribution in [3.63, 3.8) is 0 Å². The van der Waals surface area contributed by atoms with Crippen molar-refractivity contribution in [2.45, 2.75) is 56.7 Å². The maximum absolute atomic E-state index is 12.1. The van der Waals surface area contributed by atoms with E-state index in [2.05, 4.69) is 5.32 Å². The van der Waals surface area contributed by atoms with E-state index < -0.39 is 36.7 Å². The van der Waals surface area contributed by atoms with Gasteiger partial charge in [0.1, 0.15) is 0 Å². The molecule has 0 heterocycles. The van der Waals surface area contributed by atoms with Gasteiger partial charge in [-0.2, -0.15) is 13.2 Å². The fourth-order valence-electron chi connectivity index (χ4n) is 2.77. The van der Waals surface area contributed by atoms with E-state index in [0.717, 1.165) is 19.3 Å². The molecule has 1 aliphatic carbocycles. The number of carbonyl (C=O) groups is 2. The summed E-state index contributed by atoms with van der Waals surface area (Å²) in [4.78, 5) is 24.3. The van der Waals surface area contributed by atoms with Gasteiger partial charge < -0.3 is 15.3 Å². The van der Waals surface area contributed by atoms with Gasteiger partial charge in [-0.15, -0.1) is 0 Å². The minimum Gasteiger partial charge on any atom is -0.481 e. The summed E-state index contributed by atoms with van der Waals surface area (Å²) in [6.07, 6.45) is -1.89. The molecule has 0 aliphatic heterocycles. The molecule has 1 aliphatic rings. The van der Waals surface area contributed by atoms with Gasteiger partial charge in [-0.05, 0) is 12.8 Å². The summed E-state index contributed by atoms with van der Waals surface area (Å²) >= 11 is 0. The summed E-state index contributed by atoms with van der Waals surface area (Å²) in [6, 6.07) is -0.651. The summed E-state index contributed by atoms with van der Waals surface area (Å²) in [5.41, 5.74) is -0.799. The molecule has 0 aromatic heterocycles. The number of nitrogens with one attached hydrogen (secondary N) is 1. The highest BCUT2D eigenvalue weighted by Crippen LogP contribution is 2.35. The van der Waals surface area contributed by atoms with Crippen LogP contribution in [0, 0.1) is 0 Å². The Morgan fingerprint density at radius 1 is 1.24 bits per heavy atom. The molecule has 0 aromatic carbocycles. The maximum Gasteiger partial charge on any atom is 0.390 e. The molecule has 2 amide bonds. The lowest BCUT2D eigenvalue weighted by molar-refractivity contribution is -0.140. The number of amides is 2. The smallest absolute Gasteiger partial charge is 0.390 e. The van der Waals surface area contributed by atoms with Crippen molar-refractivity contribution in [1.29, 1.82) is 0 Å². The molecule has 1 saturated carbocycles. The van der Waals surface area contributed by atoms with E-state index >= 15 is 0 Å². The number of aliphatic carboxylic acids is 1. The molecule has 0 bridgehead atoms. The highest BCUT2D eigenvalue weighted by Gasteiger charge is 2.40. The second kappa shape index (κ2) is 7.00. The zero-order valence-electron chi connectivity index (χ0n) is 12.0. The molecule has 0 atom stereocenters. The molecule has 21 heavy (non-hydrogen) atoms. The molecule has 0 aromatic rings. The Morgan fingerprint density at radius 3 is 2.29 bits per heavy atom. The number of hydrogen-bond acceptors (Lipinski definition) is 2. The van der Waals surface area contributed by atoms with Crippen molar-refractivity contribution in [2.24, 2.45) is 0 Å². The largest absolute Gasteiger partial charge is 0.481 e. The molecule has 5 nitrogen and oxygen atoms in total. The topological polar surface area (TPSA) is 69.6 Å². The zero-order chi connectivity index (χ0) is 16.1. The molecule has 1 rings (SSSR count). The lowest BCUT2D eigenvalue weighted by atomic mass is 9.78. The Hall–Kier alpha value is -1.47. The van der Waals surface area contributed by atoms with Gasteiger partial charge in [0.2, 0.25) is 0 Å². The Balaban J connectivity index is 2.64. The SMILES string of the molecule is CN(C(=O)NCCC(F)(F)F)C1(CC(=O)O)CCCCC1. The molecular formula is C13H21F3N2O3. The standard InChI is InChI=1S/C13H21F3N2O3/c1-18(11(21)17-8-7-13(14,15)16)12(9-10(19)20)5-3-2-4-6-12/h2-9H2,1H3,(H,17,21)(H,19,20). The fraction of sp³-hybridized carbons (Fsp3) is 0.846. The van der Waals surface area contributed by atoms with Gasteiger partial charge in [0.05, 0.1) is 18.4 Å². The fourth-order valence-corrected chi connectivity index (χ4v) is 2.77. The Morgan fingerprint density at radius 2 is 1.81 bits per heavy atom. The van der Waals surface area contributed by atoms with Crippen LogP contribution < -0.4 is 5.32 Å². The summed E-state index contributed by atoms with van der Waals surface area (Å²) < 4.78 is 36.2. The summed E-state index contributed by atoms with van der Waals surface area (Å²) in [5.74, 6) is -1.01. The van der Waals surface area contributed by atoms with Gasteiger partial charge in [0.25, 0.3) is 0 Å². The molecular weight excluding hydrogens is 289 g/mol. The van der Waals surface area contributed by atoms with Gasteiger partial charge in [0.15, 0.2) is 0 Å². The average molecular weight is 310 g/mol. The molecule has 0 saturated heterocycles. The second-order valence-corrected chi connectivity index (χ2v) is 5.51. The lowest BCUT2D eigenvalue weighted by Crippen LogP contribution is -2.55. The van der Waals surface area contributed by atoms with Crippen molar-refractivity contribution >= 4 is 12.0 Å². The number of carboxylic acid groups (broad SMARTS) is 1. The number of hydrogen-bond donors (Lipinski definition) is 2. The van der Waals surface area contributed by atoms with Gasteiger partial charge >= 0.3 is 18.2 Å². The van der Waals surface area contributed by atoms with Crippen molar-refractivity contribution in [3.8, 4) is 0 Å². The van der Waals surface area contributed by atoms with E-state index in [1.165, 1.54) is 11.9 Å². The van der Waals surface area contributed by atoms with Crippen LogP contribution in [-0.2, 0) is 4.79 Å². The van der Waals surface area contributed by atoms with Crippen LogP contribution in [0.2, 0.25) is 0 Å². The van der Waals surface area contributed by atoms with Crippen LogP contribution in [0.1, 0.15) is 44.9 Å². The normalized spacial score (nSPS) is 18.1. The van der Waals surface area contributed by atoms with Crippen molar-refractivity contribution in [2.75, 3.05) is 13.6 Å². The summed E-state index contributed by atoms with van der Waals surface area (Å²) in [6.45, 7) is -0.504. The lowest BCUT2D eigenvalue weighted by Gasteiger charge is -2.43. The van der Waals surface area contributed by atoms with Crippen LogP contribution >= 0.6 is 0 Å². The van der Waals surface area contributed by atoms with Crippen LogP contribution in [0.15, 0.2) is 0 Å². The average Bonchev–Trinajstić information content (AvgIpc) is 2.36. The van der Waals surface area contributed by atoms with Crippen LogP contribution in [0.4, 0.5) is 18.0 Å². The molecule has 0 unspecified atom stereocenters. The predicted molar refractivity (Wildman–Crippen MR) is 69.9 cm³/mol. The van der Waals surface area contributed by atoms with E-state index in [-0.39, 0.29) is 6.42 Å². The van der Waals surface area contributed by atoms with Crippen molar-refractivity contribution in [1.82, 2.24) is 10.2 Å². The first-order valence-corrected chi connectivity index (χ1v) is 6.96. The van der Waals surface area contributed by atoms with E-state index in [9.17, 15) is 22.8 Å². The minimum atomic E-state index is -4.32. The van der Waals surface area contributed by atoms with Gasteiger partial charge in [0, 0.05) is 13.6 Å². The molecule has 0 radical (unpaired) electrons. The Kier molecular flexibility index (Phi) is 5.86. The molecule has 1 fully saturated rings. The van der Waals surface area contributed by atoms with Crippen LogP contribution in [0.5, 0.6) is 0 Å². The van der Waals surface area contributed by atoms with E-state index in [1.807, 2.05) is 0 Å². The summed E-state index contributed by atoms with van der Waals surface area (Å²) in [5, 5.41) is 11.2. The van der Waals surface area contributed by atoms with E-state index in [4.69, 9.17) is 5.11 Å². The zero-order valence-corrected chi connectivity index (χ0v) is 12.0.